The van der Waals surface area contributed by atoms with Gasteiger partial charge in [0.2, 0.25) is 5.89 Å². The lowest BCUT2D eigenvalue weighted by molar-refractivity contribution is 0.0908. The van der Waals surface area contributed by atoms with Gasteiger partial charge in [-0.2, -0.15) is 0 Å². The van der Waals surface area contributed by atoms with Gasteiger partial charge >= 0.3 is 0 Å². The van der Waals surface area contributed by atoms with Crippen LogP contribution in [0, 0.1) is 13.8 Å². The molecule has 0 unspecified atom stereocenters. The predicted molar refractivity (Wildman–Crippen MR) is 114 cm³/mol. The largest absolute Gasteiger partial charge is 0.441 e. The fraction of sp³-hybridized carbons (Fsp3) is 0.333. The third-order valence-corrected chi connectivity index (χ3v) is 5.60. The summed E-state index contributed by atoms with van der Waals surface area (Å²) in [4.78, 5) is 19.6. The first-order valence-corrected chi connectivity index (χ1v) is 10.2. The Balaban J connectivity index is 1.32. The Kier molecular flexibility index (Phi) is 5.76. The van der Waals surface area contributed by atoms with Crippen molar-refractivity contribution in [2.24, 2.45) is 0 Å². The Hall–Kier alpha value is -2.92. The minimum atomic E-state index is 0.0291. The molecular weight excluding hydrogens is 362 g/mol. The van der Waals surface area contributed by atoms with Crippen LogP contribution in [0.25, 0.3) is 11.5 Å². The highest BCUT2D eigenvalue weighted by atomic mass is 16.4. The van der Waals surface area contributed by atoms with Gasteiger partial charge in [0, 0.05) is 36.8 Å². The molecule has 1 amide bonds. The summed E-state index contributed by atoms with van der Waals surface area (Å²) in [5.74, 6) is 1.58. The summed E-state index contributed by atoms with van der Waals surface area (Å²) < 4.78 is 5.88. The monoisotopic (exact) mass is 389 g/mol. The topological polar surface area (TPSA) is 58.4 Å². The van der Waals surface area contributed by atoms with E-state index in [1.165, 1.54) is 0 Å². The molecule has 5 nitrogen and oxygen atoms in total. The second kappa shape index (κ2) is 8.62. The van der Waals surface area contributed by atoms with E-state index in [0.717, 1.165) is 60.6 Å². The van der Waals surface area contributed by atoms with E-state index in [-0.39, 0.29) is 11.9 Å². The molecule has 4 rings (SSSR count). The van der Waals surface area contributed by atoms with E-state index in [2.05, 4.69) is 10.2 Å². The lowest BCUT2D eigenvalue weighted by atomic mass is 10.0. The van der Waals surface area contributed by atoms with Crippen LogP contribution < -0.4 is 5.32 Å². The predicted octanol–water partition coefficient (Wildman–Crippen LogP) is 4.35. The molecule has 29 heavy (non-hydrogen) atoms. The summed E-state index contributed by atoms with van der Waals surface area (Å²) in [6.45, 7) is 6.60. The maximum absolute atomic E-state index is 12.5. The van der Waals surface area contributed by atoms with Crippen molar-refractivity contribution in [1.82, 2.24) is 15.2 Å². The van der Waals surface area contributed by atoms with E-state index in [1.54, 1.807) is 0 Å². The van der Waals surface area contributed by atoms with Gasteiger partial charge in [-0.15, -0.1) is 0 Å². The van der Waals surface area contributed by atoms with Crippen molar-refractivity contribution in [2.45, 2.75) is 39.3 Å². The van der Waals surface area contributed by atoms with Crippen LogP contribution in [0.3, 0.4) is 0 Å². The minimum Gasteiger partial charge on any atom is -0.441 e. The Bertz CT molecular complexity index is 973. The van der Waals surface area contributed by atoms with Crippen molar-refractivity contribution in [1.29, 1.82) is 0 Å². The van der Waals surface area contributed by atoms with Crippen molar-refractivity contribution < 1.29 is 9.21 Å². The molecule has 1 aliphatic heterocycles. The summed E-state index contributed by atoms with van der Waals surface area (Å²) >= 11 is 0. The maximum atomic E-state index is 12.5. The average molecular weight is 389 g/mol. The number of aryl methyl sites for hydroxylation is 2. The number of amides is 1. The number of likely N-dealkylation sites (tertiary alicyclic amines) is 1. The zero-order chi connectivity index (χ0) is 20.2. The smallest absolute Gasteiger partial charge is 0.251 e. The van der Waals surface area contributed by atoms with Gasteiger partial charge in [0.05, 0.1) is 5.69 Å². The second-order valence-corrected chi connectivity index (χ2v) is 7.73. The Morgan fingerprint density at radius 2 is 1.76 bits per heavy atom. The van der Waals surface area contributed by atoms with Crippen LogP contribution in [0.5, 0.6) is 0 Å². The van der Waals surface area contributed by atoms with E-state index < -0.39 is 0 Å². The zero-order valence-electron chi connectivity index (χ0n) is 17.0. The average Bonchev–Trinajstić information content (AvgIpc) is 3.11. The number of carbonyl (C=O) groups excluding carboxylic acids is 1. The quantitative estimate of drug-likeness (QED) is 0.705. The molecule has 0 atom stereocenters. The van der Waals surface area contributed by atoms with E-state index in [0.29, 0.717) is 5.89 Å². The molecule has 150 valence electrons. The van der Waals surface area contributed by atoms with Gasteiger partial charge in [-0.1, -0.05) is 36.4 Å². The van der Waals surface area contributed by atoms with E-state index in [4.69, 9.17) is 9.40 Å². The van der Waals surface area contributed by atoms with E-state index in [1.807, 2.05) is 68.4 Å². The fourth-order valence-corrected chi connectivity index (χ4v) is 3.82. The molecule has 2 heterocycles. The standard InChI is InChI=1S/C24H27N3O2/c1-17-8-6-7-11-21(17)23(28)25-20-12-14-27(15-13-20)16-22-18(2)29-24(26-22)19-9-4-3-5-10-19/h3-11,20H,12-16H2,1-2H3,(H,25,28). The number of benzene rings is 2. The molecule has 1 saturated heterocycles. The van der Waals surface area contributed by atoms with Gasteiger partial charge in [0.25, 0.3) is 5.91 Å². The molecule has 1 aliphatic rings. The van der Waals surface area contributed by atoms with Gasteiger partial charge in [-0.05, 0) is 50.5 Å². The molecular formula is C24H27N3O2. The van der Waals surface area contributed by atoms with Crippen molar-refractivity contribution in [2.75, 3.05) is 13.1 Å². The normalized spacial score (nSPS) is 15.4. The number of nitrogens with one attached hydrogen (secondary N) is 1. The minimum absolute atomic E-state index is 0.0291. The number of piperidine rings is 1. The van der Waals surface area contributed by atoms with Crippen LogP contribution in [0.15, 0.2) is 59.0 Å². The first kappa shape index (κ1) is 19.4. The molecule has 2 aromatic carbocycles. The summed E-state index contributed by atoms with van der Waals surface area (Å²) in [5, 5.41) is 3.20. The molecule has 0 aliphatic carbocycles. The Morgan fingerprint density at radius 3 is 2.48 bits per heavy atom. The van der Waals surface area contributed by atoms with Crippen LogP contribution in [-0.2, 0) is 6.54 Å². The van der Waals surface area contributed by atoms with Crippen LogP contribution >= 0.6 is 0 Å². The first-order valence-electron chi connectivity index (χ1n) is 10.2. The SMILES string of the molecule is Cc1ccccc1C(=O)NC1CCN(Cc2nc(-c3ccccc3)oc2C)CC1. The number of rotatable bonds is 5. The number of nitrogens with zero attached hydrogens (tertiary/aromatic N) is 2. The van der Waals surface area contributed by atoms with Gasteiger partial charge in [0.1, 0.15) is 5.76 Å². The van der Waals surface area contributed by atoms with Crippen LogP contribution in [0.2, 0.25) is 0 Å². The number of oxazole rings is 1. The maximum Gasteiger partial charge on any atom is 0.251 e. The van der Waals surface area contributed by atoms with E-state index >= 15 is 0 Å². The van der Waals surface area contributed by atoms with Crippen molar-refractivity contribution in [3.8, 4) is 11.5 Å². The lowest BCUT2D eigenvalue weighted by Gasteiger charge is -2.32. The molecule has 1 N–H and O–H groups in total. The van der Waals surface area contributed by atoms with Crippen LogP contribution in [-0.4, -0.2) is 34.9 Å². The molecule has 0 saturated carbocycles. The third kappa shape index (κ3) is 4.57. The van der Waals surface area contributed by atoms with Gasteiger partial charge in [-0.25, -0.2) is 4.98 Å². The highest BCUT2D eigenvalue weighted by molar-refractivity contribution is 5.95. The molecule has 0 bridgehead atoms. The highest BCUT2D eigenvalue weighted by Crippen LogP contribution is 2.23. The molecule has 5 heteroatoms. The molecule has 0 radical (unpaired) electrons. The Labute approximate surface area is 171 Å². The number of hydrogen-bond donors (Lipinski definition) is 1. The summed E-state index contributed by atoms with van der Waals surface area (Å²) in [5.41, 5.74) is 3.77. The van der Waals surface area contributed by atoms with Crippen molar-refractivity contribution >= 4 is 5.91 Å². The van der Waals surface area contributed by atoms with Crippen LogP contribution in [0.1, 0.15) is 40.2 Å². The molecule has 1 aromatic heterocycles. The number of aromatic nitrogens is 1. The molecule has 1 fully saturated rings. The van der Waals surface area contributed by atoms with Crippen molar-refractivity contribution in [3.05, 3.63) is 77.2 Å². The van der Waals surface area contributed by atoms with Crippen molar-refractivity contribution in [3.63, 3.8) is 0 Å². The first-order chi connectivity index (χ1) is 14.1. The fourth-order valence-electron chi connectivity index (χ4n) is 3.82. The van der Waals surface area contributed by atoms with Gasteiger partial charge in [0.15, 0.2) is 0 Å². The highest BCUT2D eigenvalue weighted by Gasteiger charge is 2.23. The summed E-state index contributed by atoms with van der Waals surface area (Å²) in [6.07, 6.45) is 1.89. The number of carbonyl (C=O) groups is 1. The van der Waals surface area contributed by atoms with Crippen LogP contribution in [0.4, 0.5) is 0 Å². The second-order valence-electron chi connectivity index (χ2n) is 7.73. The summed E-state index contributed by atoms with van der Waals surface area (Å²) in [6, 6.07) is 17.9. The van der Waals surface area contributed by atoms with E-state index in [9.17, 15) is 4.79 Å². The van der Waals surface area contributed by atoms with Gasteiger partial charge < -0.3 is 9.73 Å². The lowest BCUT2D eigenvalue weighted by Crippen LogP contribution is -2.44. The Morgan fingerprint density at radius 1 is 1.07 bits per heavy atom. The van der Waals surface area contributed by atoms with Gasteiger partial charge in [-0.3, -0.25) is 9.69 Å². The zero-order valence-corrected chi connectivity index (χ0v) is 17.0. The third-order valence-electron chi connectivity index (χ3n) is 5.60. The number of hydrogen-bond acceptors (Lipinski definition) is 4. The molecule has 3 aromatic rings. The molecule has 0 spiro atoms. The summed E-state index contributed by atoms with van der Waals surface area (Å²) in [7, 11) is 0.